The molecule has 0 spiro atoms. The Labute approximate surface area is 113 Å². The fraction of sp³-hybridized carbons (Fsp3) is 0.385. The van der Waals surface area contributed by atoms with Crippen LogP contribution in [-0.2, 0) is 12.5 Å². The predicted octanol–water partition coefficient (Wildman–Crippen LogP) is 3.00. The van der Waals surface area contributed by atoms with Crippen LogP contribution in [0.4, 0.5) is 4.39 Å². The number of benzene rings is 1. The molecule has 1 aliphatic rings. The van der Waals surface area contributed by atoms with Crippen molar-refractivity contribution >= 4 is 15.9 Å². The molecule has 1 aromatic carbocycles. The van der Waals surface area contributed by atoms with Crippen molar-refractivity contribution in [2.75, 3.05) is 0 Å². The Morgan fingerprint density at radius 3 is 2.67 bits per heavy atom. The molecule has 0 amide bonds. The second-order valence-electron chi connectivity index (χ2n) is 5.06. The van der Waals surface area contributed by atoms with E-state index in [0.29, 0.717) is 12.2 Å². The van der Waals surface area contributed by atoms with Gasteiger partial charge in [-0.25, -0.2) is 4.39 Å². The highest BCUT2D eigenvalue weighted by atomic mass is 79.9. The van der Waals surface area contributed by atoms with Gasteiger partial charge in [0.05, 0.1) is 5.41 Å². The lowest BCUT2D eigenvalue weighted by atomic mass is 9.91. The van der Waals surface area contributed by atoms with Crippen molar-refractivity contribution < 1.29 is 4.39 Å². The van der Waals surface area contributed by atoms with Gasteiger partial charge in [-0.05, 0) is 24.6 Å². The zero-order valence-electron chi connectivity index (χ0n) is 10.2. The molecular weight excluding hydrogens is 297 g/mol. The monoisotopic (exact) mass is 309 g/mol. The average Bonchev–Trinajstić information content (AvgIpc) is 2.66. The van der Waals surface area contributed by atoms with E-state index in [4.69, 9.17) is 0 Å². The quantitative estimate of drug-likeness (QED) is 0.854. The number of halogens is 2. The molecule has 5 heteroatoms. The van der Waals surface area contributed by atoms with Gasteiger partial charge in [-0.3, -0.25) is 0 Å². The summed E-state index contributed by atoms with van der Waals surface area (Å²) in [6.45, 7) is 1.63. The Morgan fingerprint density at radius 1 is 1.44 bits per heavy atom. The van der Waals surface area contributed by atoms with E-state index in [1.807, 2.05) is 31.3 Å². The van der Waals surface area contributed by atoms with Crippen molar-refractivity contribution in [1.82, 2.24) is 14.8 Å². The van der Waals surface area contributed by atoms with Crippen molar-refractivity contribution in [1.29, 1.82) is 0 Å². The molecule has 3 rings (SSSR count). The topological polar surface area (TPSA) is 30.7 Å². The summed E-state index contributed by atoms with van der Waals surface area (Å²) in [5.41, 5.74) is -0.991. The molecule has 1 fully saturated rings. The number of rotatable bonds is 2. The highest BCUT2D eigenvalue weighted by molar-refractivity contribution is 9.10. The van der Waals surface area contributed by atoms with Crippen molar-refractivity contribution in [3.05, 3.63) is 46.5 Å². The summed E-state index contributed by atoms with van der Waals surface area (Å²) in [4.78, 5) is 0. The van der Waals surface area contributed by atoms with Crippen LogP contribution in [0.2, 0.25) is 0 Å². The summed E-state index contributed by atoms with van der Waals surface area (Å²) in [6, 6.07) is 7.77. The number of hydrogen-bond acceptors (Lipinski definition) is 2. The summed E-state index contributed by atoms with van der Waals surface area (Å²) >= 11 is 3.44. The Kier molecular flexibility index (Phi) is 2.39. The average molecular weight is 310 g/mol. The van der Waals surface area contributed by atoms with E-state index in [2.05, 4.69) is 26.1 Å². The lowest BCUT2D eigenvalue weighted by Gasteiger charge is -2.18. The molecule has 94 valence electrons. The fourth-order valence-electron chi connectivity index (χ4n) is 2.72. The van der Waals surface area contributed by atoms with Crippen LogP contribution >= 0.6 is 15.9 Å². The largest absolute Gasteiger partial charge is 0.320 e. The molecular formula is C13H13BrFN3. The molecule has 2 unspecified atom stereocenters. The van der Waals surface area contributed by atoms with Crippen molar-refractivity contribution in [3.63, 3.8) is 0 Å². The van der Waals surface area contributed by atoms with Gasteiger partial charge in [0.15, 0.2) is 0 Å². The first kappa shape index (κ1) is 11.8. The third-order valence-electron chi connectivity index (χ3n) is 3.77. The Morgan fingerprint density at radius 2 is 2.17 bits per heavy atom. The number of nitrogens with zero attached hydrogens (tertiary/aromatic N) is 3. The van der Waals surface area contributed by atoms with Crippen molar-refractivity contribution in [2.24, 2.45) is 7.05 Å². The first-order valence-electron chi connectivity index (χ1n) is 5.77. The molecule has 2 atom stereocenters. The summed E-state index contributed by atoms with van der Waals surface area (Å²) in [7, 11) is 1.85. The summed E-state index contributed by atoms with van der Waals surface area (Å²) in [6.07, 6.45) is 2.06. The first-order valence-corrected chi connectivity index (χ1v) is 6.56. The van der Waals surface area contributed by atoms with Gasteiger partial charge in [0.2, 0.25) is 0 Å². The van der Waals surface area contributed by atoms with E-state index in [-0.39, 0.29) is 0 Å². The lowest BCUT2D eigenvalue weighted by molar-refractivity contribution is 0.299. The van der Waals surface area contributed by atoms with E-state index in [1.165, 1.54) is 0 Å². The minimum atomic E-state index is -1.27. The number of alkyl halides is 1. The third kappa shape index (κ3) is 1.46. The number of aryl methyl sites for hydroxylation is 1. The van der Waals surface area contributed by atoms with Crippen LogP contribution in [0.15, 0.2) is 35.1 Å². The Hall–Kier alpha value is -1.23. The Bertz CT molecular complexity index is 608. The molecule has 1 aromatic heterocycles. The summed E-state index contributed by atoms with van der Waals surface area (Å²) in [5.74, 6) is 0.686. The second-order valence-corrected chi connectivity index (χ2v) is 5.97. The SMILES string of the molecule is Cn1cnnc1C1(c2cccc(Br)c2)CC1(C)F. The fourth-order valence-corrected chi connectivity index (χ4v) is 3.12. The molecule has 18 heavy (non-hydrogen) atoms. The second kappa shape index (κ2) is 3.63. The van der Waals surface area contributed by atoms with Gasteiger partial charge >= 0.3 is 0 Å². The molecule has 1 saturated carbocycles. The van der Waals surface area contributed by atoms with Gasteiger partial charge in [0.25, 0.3) is 0 Å². The van der Waals surface area contributed by atoms with Crippen LogP contribution in [0.25, 0.3) is 0 Å². The maximum Gasteiger partial charge on any atom is 0.146 e. The molecule has 0 radical (unpaired) electrons. The normalized spacial score (nSPS) is 30.4. The van der Waals surface area contributed by atoms with E-state index in [9.17, 15) is 4.39 Å². The lowest BCUT2D eigenvalue weighted by Crippen LogP contribution is -2.23. The molecule has 1 aliphatic carbocycles. The maximum absolute atomic E-state index is 14.6. The molecule has 0 bridgehead atoms. The van der Waals surface area contributed by atoms with Crippen LogP contribution in [-0.4, -0.2) is 20.4 Å². The van der Waals surface area contributed by atoms with Gasteiger partial charge < -0.3 is 4.57 Å². The molecule has 2 aromatic rings. The van der Waals surface area contributed by atoms with E-state index in [0.717, 1.165) is 10.0 Å². The van der Waals surface area contributed by atoms with Crippen LogP contribution in [0, 0.1) is 0 Å². The maximum atomic E-state index is 14.6. The molecule has 1 heterocycles. The zero-order chi connectivity index (χ0) is 13.0. The number of hydrogen-bond donors (Lipinski definition) is 0. The number of aromatic nitrogens is 3. The van der Waals surface area contributed by atoms with Gasteiger partial charge in [0, 0.05) is 17.9 Å². The first-order chi connectivity index (χ1) is 8.47. The Balaban J connectivity index is 2.19. The molecule has 0 N–H and O–H groups in total. The van der Waals surface area contributed by atoms with Crippen molar-refractivity contribution in [3.8, 4) is 0 Å². The third-order valence-corrected chi connectivity index (χ3v) is 4.27. The van der Waals surface area contributed by atoms with E-state index < -0.39 is 11.1 Å². The van der Waals surface area contributed by atoms with Crippen LogP contribution in [0.3, 0.4) is 0 Å². The van der Waals surface area contributed by atoms with Crippen LogP contribution in [0.5, 0.6) is 0 Å². The van der Waals surface area contributed by atoms with Crippen LogP contribution < -0.4 is 0 Å². The van der Waals surface area contributed by atoms with E-state index in [1.54, 1.807) is 17.8 Å². The zero-order valence-corrected chi connectivity index (χ0v) is 11.8. The summed E-state index contributed by atoms with van der Waals surface area (Å²) < 4.78 is 17.3. The van der Waals surface area contributed by atoms with Gasteiger partial charge in [-0.15, -0.1) is 10.2 Å². The van der Waals surface area contributed by atoms with Gasteiger partial charge in [-0.1, -0.05) is 28.1 Å². The van der Waals surface area contributed by atoms with Crippen molar-refractivity contribution in [2.45, 2.75) is 24.4 Å². The highest BCUT2D eigenvalue weighted by Gasteiger charge is 2.70. The minimum absolute atomic E-state index is 0.447. The van der Waals surface area contributed by atoms with Gasteiger partial charge in [-0.2, -0.15) is 0 Å². The van der Waals surface area contributed by atoms with Crippen LogP contribution in [0.1, 0.15) is 24.7 Å². The minimum Gasteiger partial charge on any atom is -0.320 e. The smallest absolute Gasteiger partial charge is 0.146 e. The summed E-state index contributed by atoms with van der Waals surface area (Å²) in [5, 5.41) is 7.99. The van der Waals surface area contributed by atoms with Gasteiger partial charge in [0.1, 0.15) is 17.8 Å². The molecule has 3 nitrogen and oxygen atoms in total. The highest BCUT2D eigenvalue weighted by Crippen LogP contribution is 2.63. The van der Waals surface area contributed by atoms with E-state index >= 15 is 0 Å². The standard InChI is InChI=1S/C13H13BrFN3/c1-12(15)7-13(12,11-17-16-8-18(11)2)9-4-3-5-10(14)6-9/h3-6,8H,7H2,1-2H3. The molecule has 0 aliphatic heterocycles. The predicted molar refractivity (Wildman–Crippen MR) is 70.1 cm³/mol. The molecule has 0 saturated heterocycles.